The van der Waals surface area contributed by atoms with E-state index < -0.39 is 18.0 Å². The largest absolute Gasteiger partial charge is 0.480 e. The van der Waals surface area contributed by atoms with Gasteiger partial charge < -0.3 is 15.7 Å². The summed E-state index contributed by atoms with van der Waals surface area (Å²) >= 11 is 1.57. The van der Waals surface area contributed by atoms with Crippen LogP contribution in [0.4, 0.5) is 4.79 Å². The Morgan fingerprint density at radius 3 is 2.48 bits per heavy atom. The number of amides is 2. The van der Waals surface area contributed by atoms with Gasteiger partial charge in [0.05, 0.1) is 0 Å². The van der Waals surface area contributed by atoms with Crippen LogP contribution in [-0.2, 0) is 4.79 Å². The minimum absolute atomic E-state index is 0.0322. The highest BCUT2D eigenvalue weighted by Gasteiger charge is 2.22. The van der Waals surface area contributed by atoms with Crippen LogP contribution in [0.3, 0.4) is 0 Å². The molecule has 0 saturated carbocycles. The zero-order valence-electron chi connectivity index (χ0n) is 13.7. The molecule has 0 aromatic heterocycles. The average molecular weight is 318 g/mol. The molecule has 21 heavy (non-hydrogen) atoms. The monoisotopic (exact) mass is 318 g/mol. The van der Waals surface area contributed by atoms with Gasteiger partial charge in [0.25, 0.3) is 0 Å². The molecule has 0 heterocycles. The van der Waals surface area contributed by atoms with Crippen molar-refractivity contribution in [3.05, 3.63) is 0 Å². The minimum Gasteiger partial charge on any atom is -0.480 e. The number of aliphatic carboxylic acids is 1. The second kappa shape index (κ2) is 10.8. The van der Waals surface area contributed by atoms with Gasteiger partial charge in [-0.05, 0) is 30.3 Å². The van der Waals surface area contributed by atoms with Crippen LogP contribution in [-0.4, -0.2) is 41.7 Å². The number of carboxylic acid groups (broad SMARTS) is 1. The van der Waals surface area contributed by atoms with Gasteiger partial charge in [0.2, 0.25) is 0 Å². The summed E-state index contributed by atoms with van der Waals surface area (Å²) in [6.07, 6.45) is 6.93. The number of unbranched alkanes of at least 4 members (excludes halogenated alkanes) is 2. The zero-order valence-corrected chi connectivity index (χ0v) is 14.5. The Morgan fingerprint density at radius 2 is 1.95 bits per heavy atom. The molecule has 0 unspecified atom stereocenters. The van der Waals surface area contributed by atoms with Gasteiger partial charge in [0.15, 0.2) is 0 Å². The number of rotatable bonds is 11. The van der Waals surface area contributed by atoms with E-state index in [9.17, 15) is 9.59 Å². The third-order valence-electron chi connectivity index (χ3n) is 3.40. The molecule has 124 valence electrons. The standard InChI is InChI=1S/C15H30N2O3S/c1-5-6-7-9-15(2,3)11-16-14(20)17-12(13(18)19)8-10-21-4/h12H,5-11H2,1-4H3,(H,18,19)(H2,16,17,20)/t12-/m1/s1. The fraction of sp³-hybridized carbons (Fsp3) is 0.867. The topological polar surface area (TPSA) is 78.4 Å². The van der Waals surface area contributed by atoms with Crippen LogP contribution >= 0.6 is 11.8 Å². The maximum atomic E-state index is 11.8. The molecule has 5 nitrogen and oxygen atoms in total. The van der Waals surface area contributed by atoms with Crippen molar-refractivity contribution in [2.75, 3.05) is 18.6 Å². The van der Waals surface area contributed by atoms with E-state index in [4.69, 9.17) is 5.11 Å². The SMILES string of the molecule is CCCCCC(C)(C)CNC(=O)N[C@H](CCSC)C(=O)O. The first-order chi connectivity index (χ1) is 9.82. The van der Waals surface area contributed by atoms with Crippen LogP contribution in [0.2, 0.25) is 0 Å². The van der Waals surface area contributed by atoms with E-state index in [2.05, 4.69) is 31.4 Å². The highest BCUT2D eigenvalue weighted by Crippen LogP contribution is 2.22. The van der Waals surface area contributed by atoms with Gasteiger partial charge in [0.1, 0.15) is 6.04 Å². The summed E-state index contributed by atoms with van der Waals surface area (Å²) in [6, 6.07) is -1.22. The number of urea groups is 1. The molecule has 0 radical (unpaired) electrons. The Morgan fingerprint density at radius 1 is 1.29 bits per heavy atom. The maximum absolute atomic E-state index is 11.8. The first-order valence-corrected chi connectivity index (χ1v) is 8.98. The number of carboxylic acids is 1. The molecule has 0 aliphatic rings. The summed E-state index contributed by atoms with van der Waals surface area (Å²) in [7, 11) is 0. The van der Waals surface area contributed by atoms with Gasteiger partial charge in [-0.15, -0.1) is 0 Å². The van der Waals surface area contributed by atoms with Crippen molar-refractivity contribution in [1.82, 2.24) is 10.6 Å². The van der Waals surface area contributed by atoms with E-state index in [0.29, 0.717) is 18.7 Å². The Hall–Kier alpha value is -0.910. The van der Waals surface area contributed by atoms with Crippen LogP contribution in [0.1, 0.15) is 52.9 Å². The van der Waals surface area contributed by atoms with Crippen molar-refractivity contribution < 1.29 is 14.7 Å². The fourth-order valence-corrected chi connectivity index (χ4v) is 2.44. The normalized spacial score (nSPS) is 12.8. The molecule has 0 bridgehead atoms. The van der Waals surface area contributed by atoms with Crippen LogP contribution in [0, 0.1) is 5.41 Å². The zero-order chi connectivity index (χ0) is 16.3. The number of thioether (sulfide) groups is 1. The predicted octanol–water partition coefficient (Wildman–Crippen LogP) is 3.10. The third-order valence-corrected chi connectivity index (χ3v) is 4.04. The Kier molecular flexibility index (Phi) is 10.3. The van der Waals surface area contributed by atoms with Crippen molar-refractivity contribution >= 4 is 23.8 Å². The highest BCUT2D eigenvalue weighted by atomic mass is 32.2. The summed E-state index contributed by atoms with van der Waals surface area (Å²) in [5.74, 6) is -0.277. The van der Waals surface area contributed by atoms with Gasteiger partial charge in [-0.1, -0.05) is 40.0 Å². The van der Waals surface area contributed by atoms with Gasteiger partial charge in [-0.25, -0.2) is 9.59 Å². The van der Waals surface area contributed by atoms with Crippen molar-refractivity contribution in [2.24, 2.45) is 5.41 Å². The van der Waals surface area contributed by atoms with Gasteiger partial charge in [-0.3, -0.25) is 0 Å². The van der Waals surface area contributed by atoms with Gasteiger partial charge in [0, 0.05) is 6.54 Å². The lowest BCUT2D eigenvalue weighted by Crippen LogP contribution is -2.48. The van der Waals surface area contributed by atoms with Crippen LogP contribution in [0.15, 0.2) is 0 Å². The molecule has 0 aliphatic heterocycles. The van der Waals surface area contributed by atoms with Crippen molar-refractivity contribution in [3.63, 3.8) is 0 Å². The van der Waals surface area contributed by atoms with Gasteiger partial charge >= 0.3 is 12.0 Å². The van der Waals surface area contributed by atoms with E-state index in [1.807, 2.05) is 6.26 Å². The van der Waals surface area contributed by atoms with Crippen LogP contribution < -0.4 is 10.6 Å². The molecule has 6 heteroatoms. The second-order valence-corrected chi connectivity index (χ2v) is 7.11. The quantitative estimate of drug-likeness (QED) is 0.512. The summed E-state index contributed by atoms with van der Waals surface area (Å²) in [5.41, 5.74) is 0.0322. The highest BCUT2D eigenvalue weighted by molar-refractivity contribution is 7.98. The van der Waals surface area contributed by atoms with Crippen molar-refractivity contribution in [3.8, 4) is 0 Å². The first-order valence-electron chi connectivity index (χ1n) is 7.58. The number of hydrogen-bond acceptors (Lipinski definition) is 3. The number of carbonyl (C=O) groups is 2. The molecule has 0 saturated heterocycles. The maximum Gasteiger partial charge on any atom is 0.326 e. The Labute approximate surface area is 132 Å². The van der Waals surface area contributed by atoms with E-state index in [0.717, 1.165) is 12.8 Å². The van der Waals surface area contributed by atoms with E-state index in [1.165, 1.54) is 12.8 Å². The Bertz CT molecular complexity index is 322. The minimum atomic E-state index is -0.985. The van der Waals surface area contributed by atoms with Crippen LogP contribution in [0.5, 0.6) is 0 Å². The smallest absolute Gasteiger partial charge is 0.326 e. The van der Waals surface area contributed by atoms with E-state index in [-0.39, 0.29) is 5.41 Å². The summed E-state index contributed by atoms with van der Waals surface area (Å²) < 4.78 is 0. The number of hydrogen-bond donors (Lipinski definition) is 3. The third kappa shape index (κ3) is 10.5. The lowest BCUT2D eigenvalue weighted by atomic mass is 9.87. The fourth-order valence-electron chi connectivity index (χ4n) is 1.96. The summed E-state index contributed by atoms with van der Waals surface area (Å²) in [4.78, 5) is 22.9. The molecule has 0 aromatic rings. The molecule has 2 amide bonds. The molecule has 1 atom stereocenters. The first kappa shape index (κ1) is 20.1. The molecular weight excluding hydrogens is 288 g/mol. The molecule has 0 spiro atoms. The Balaban J connectivity index is 4.13. The van der Waals surface area contributed by atoms with Crippen molar-refractivity contribution in [1.29, 1.82) is 0 Å². The molecule has 0 aliphatic carbocycles. The predicted molar refractivity (Wildman–Crippen MR) is 88.9 cm³/mol. The number of carbonyl (C=O) groups excluding carboxylic acids is 1. The van der Waals surface area contributed by atoms with Gasteiger partial charge in [-0.2, -0.15) is 11.8 Å². The average Bonchev–Trinajstić information content (AvgIpc) is 2.41. The summed E-state index contributed by atoms with van der Waals surface area (Å²) in [5, 5.41) is 14.4. The van der Waals surface area contributed by atoms with E-state index in [1.54, 1.807) is 11.8 Å². The summed E-state index contributed by atoms with van der Waals surface area (Å²) in [6.45, 7) is 6.95. The van der Waals surface area contributed by atoms with E-state index >= 15 is 0 Å². The lowest BCUT2D eigenvalue weighted by Gasteiger charge is -2.25. The molecular formula is C15H30N2O3S. The lowest BCUT2D eigenvalue weighted by molar-refractivity contribution is -0.139. The molecule has 0 rings (SSSR count). The second-order valence-electron chi connectivity index (χ2n) is 6.12. The van der Waals surface area contributed by atoms with Crippen molar-refractivity contribution in [2.45, 2.75) is 58.9 Å². The molecule has 0 aromatic carbocycles. The molecule has 3 N–H and O–H groups in total. The molecule has 0 fully saturated rings. The van der Waals surface area contributed by atoms with Crippen LogP contribution in [0.25, 0.3) is 0 Å². The number of nitrogens with one attached hydrogen (secondary N) is 2.